The highest BCUT2D eigenvalue weighted by Gasteiger charge is 2.28. The van der Waals surface area contributed by atoms with E-state index in [1.54, 1.807) is 0 Å². The molecule has 4 nitrogen and oxygen atoms in total. The molecule has 112 valence electrons. The van der Waals surface area contributed by atoms with Crippen molar-refractivity contribution in [3.8, 4) is 11.1 Å². The molecule has 0 fully saturated rings. The van der Waals surface area contributed by atoms with Crippen molar-refractivity contribution >= 4 is 11.9 Å². The summed E-state index contributed by atoms with van der Waals surface area (Å²) in [4.78, 5) is 22.5. The Morgan fingerprint density at radius 3 is 2.09 bits per heavy atom. The van der Waals surface area contributed by atoms with Crippen molar-refractivity contribution in [1.29, 1.82) is 0 Å². The molecule has 0 atom stereocenters. The minimum atomic E-state index is -0.419. The molecule has 0 saturated carbocycles. The Hall–Kier alpha value is -2.62. The molecular weight excluding hydrogens is 278 g/mol. The van der Waals surface area contributed by atoms with Crippen molar-refractivity contribution in [1.82, 2.24) is 5.32 Å². The fourth-order valence-corrected chi connectivity index (χ4v) is 2.86. The Balaban J connectivity index is 1.77. The molecule has 0 radical (unpaired) electrons. The number of hydrogen-bond acceptors (Lipinski definition) is 3. The van der Waals surface area contributed by atoms with Gasteiger partial charge in [0.1, 0.15) is 13.2 Å². The number of benzene rings is 2. The molecule has 0 bridgehead atoms. The lowest BCUT2D eigenvalue weighted by atomic mass is 9.98. The molecular formula is C18H17NO3. The molecule has 0 heterocycles. The molecule has 1 amide bonds. The van der Waals surface area contributed by atoms with Crippen LogP contribution in [0.5, 0.6) is 0 Å². The molecule has 1 aliphatic rings. The number of ether oxygens (including phenoxy) is 1. The van der Waals surface area contributed by atoms with E-state index >= 15 is 0 Å². The van der Waals surface area contributed by atoms with Gasteiger partial charge in [-0.15, -0.1) is 0 Å². The Morgan fingerprint density at radius 2 is 1.55 bits per heavy atom. The standard InChI is InChI=1S/C18H17NO3/c1-12(20)19-10-18(21)22-11-17-15-8-4-2-6-13(15)14-7-3-5-9-16(14)17/h2-9,17H,10-11H2,1H3,(H,19,20). The average molecular weight is 295 g/mol. The molecule has 22 heavy (non-hydrogen) atoms. The third kappa shape index (κ3) is 2.72. The molecule has 0 spiro atoms. The van der Waals surface area contributed by atoms with Crippen LogP contribution in [0.2, 0.25) is 0 Å². The van der Waals surface area contributed by atoms with E-state index in [0.29, 0.717) is 0 Å². The van der Waals surface area contributed by atoms with Gasteiger partial charge in [-0.3, -0.25) is 9.59 Å². The van der Waals surface area contributed by atoms with E-state index in [1.165, 1.54) is 29.2 Å². The Morgan fingerprint density at radius 1 is 1.00 bits per heavy atom. The first-order chi connectivity index (χ1) is 10.7. The van der Waals surface area contributed by atoms with E-state index in [1.807, 2.05) is 24.3 Å². The van der Waals surface area contributed by atoms with Crippen LogP contribution in [-0.4, -0.2) is 25.0 Å². The number of hydrogen-bond donors (Lipinski definition) is 1. The topological polar surface area (TPSA) is 55.4 Å². The molecule has 2 aromatic carbocycles. The van der Waals surface area contributed by atoms with Crippen LogP contribution in [0.15, 0.2) is 48.5 Å². The van der Waals surface area contributed by atoms with Gasteiger partial charge in [0.15, 0.2) is 0 Å². The fourth-order valence-electron chi connectivity index (χ4n) is 2.86. The normalized spacial score (nSPS) is 12.4. The number of rotatable bonds is 4. The molecule has 1 N–H and O–H groups in total. The van der Waals surface area contributed by atoms with Crippen molar-refractivity contribution in [2.24, 2.45) is 0 Å². The van der Waals surface area contributed by atoms with Crippen LogP contribution in [0, 0.1) is 0 Å². The lowest BCUT2D eigenvalue weighted by Crippen LogP contribution is -2.29. The van der Waals surface area contributed by atoms with Crippen molar-refractivity contribution in [2.75, 3.05) is 13.2 Å². The lowest BCUT2D eigenvalue weighted by molar-refractivity contribution is -0.144. The monoisotopic (exact) mass is 295 g/mol. The minimum Gasteiger partial charge on any atom is -0.463 e. The SMILES string of the molecule is CC(=O)NCC(=O)OCC1c2ccccc2-c2ccccc21. The van der Waals surface area contributed by atoms with Gasteiger partial charge in [0.05, 0.1) is 0 Å². The van der Waals surface area contributed by atoms with Crippen LogP contribution >= 0.6 is 0 Å². The molecule has 0 aliphatic heterocycles. The van der Waals surface area contributed by atoms with Crippen molar-refractivity contribution in [3.05, 3.63) is 59.7 Å². The van der Waals surface area contributed by atoms with Gasteiger partial charge in [-0.1, -0.05) is 48.5 Å². The second kappa shape index (κ2) is 6.02. The number of fused-ring (bicyclic) bond motifs is 3. The molecule has 0 aromatic heterocycles. The second-order valence-corrected chi connectivity index (χ2v) is 5.32. The van der Waals surface area contributed by atoms with Crippen molar-refractivity contribution in [3.63, 3.8) is 0 Å². The van der Waals surface area contributed by atoms with Gasteiger partial charge >= 0.3 is 5.97 Å². The van der Waals surface area contributed by atoms with Gasteiger partial charge in [-0.05, 0) is 22.3 Å². The predicted octanol–water partition coefficient (Wildman–Crippen LogP) is 2.48. The third-order valence-electron chi connectivity index (χ3n) is 3.86. The van der Waals surface area contributed by atoms with Gasteiger partial charge in [0.25, 0.3) is 0 Å². The van der Waals surface area contributed by atoms with E-state index < -0.39 is 5.97 Å². The van der Waals surface area contributed by atoms with Gasteiger partial charge < -0.3 is 10.1 Å². The number of esters is 1. The van der Waals surface area contributed by atoms with Gasteiger partial charge in [-0.25, -0.2) is 0 Å². The number of carbonyl (C=O) groups excluding carboxylic acids is 2. The average Bonchev–Trinajstić information content (AvgIpc) is 2.85. The van der Waals surface area contributed by atoms with Crippen LogP contribution in [0.25, 0.3) is 11.1 Å². The maximum Gasteiger partial charge on any atom is 0.325 e. The molecule has 2 aromatic rings. The molecule has 4 heteroatoms. The zero-order valence-corrected chi connectivity index (χ0v) is 12.3. The summed E-state index contributed by atoms with van der Waals surface area (Å²) in [6, 6.07) is 16.3. The molecule has 0 unspecified atom stereocenters. The van der Waals surface area contributed by atoms with Gasteiger partial charge in [-0.2, -0.15) is 0 Å². The summed E-state index contributed by atoms with van der Waals surface area (Å²) in [5.41, 5.74) is 4.74. The predicted molar refractivity (Wildman–Crippen MR) is 83.4 cm³/mol. The van der Waals surface area contributed by atoms with Crippen LogP contribution < -0.4 is 5.32 Å². The quantitative estimate of drug-likeness (QED) is 0.882. The molecule has 3 rings (SSSR count). The first-order valence-electron chi connectivity index (χ1n) is 7.25. The summed E-state index contributed by atoms with van der Waals surface area (Å²) in [6.45, 7) is 1.56. The van der Waals surface area contributed by atoms with E-state index in [0.717, 1.165) is 0 Å². The maximum atomic E-state index is 11.7. The summed E-state index contributed by atoms with van der Waals surface area (Å²) in [5, 5.41) is 2.45. The lowest BCUT2D eigenvalue weighted by Gasteiger charge is -2.14. The zero-order chi connectivity index (χ0) is 15.5. The van der Waals surface area contributed by atoms with Crippen LogP contribution in [0.1, 0.15) is 24.0 Å². The summed E-state index contributed by atoms with van der Waals surface area (Å²) < 4.78 is 5.34. The van der Waals surface area contributed by atoms with E-state index in [9.17, 15) is 9.59 Å². The number of carbonyl (C=O) groups is 2. The maximum absolute atomic E-state index is 11.7. The summed E-state index contributed by atoms with van der Waals surface area (Å²) in [5.74, 6) is -0.612. The smallest absolute Gasteiger partial charge is 0.325 e. The largest absolute Gasteiger partial charge is 0.463 e. The highest BCUT2D eigenvalue weighted by atomic mass is 16.5. The summed E-state index contributed by atoms with van der Waals surface area (Å²) >= 11 is 0. The fraction of sp³-hybridized carbons (Fsp3) is 0.222. The number of nitrogens with one attached hydrogen (secondary N) is 1. The van der Waals surface area contributed by atoms with E-state index in [4.69, 9.17) is 4.74 Å². The zero-order valence-electron chi connectivity index (χ0n) is 12.3. The number of amides is 1. The van der Waals surface area contributed by atoms with Crippen LogP contribution in [0.3, 0.4) is 0 Å². The first kappa shape index (κ1) is 14.3. The van der Waals surface area contributed by atoms with E-state index in [-0.39, 0.29) is 25.0 Å². The van der Waals surface area contributed by atoms with Crippen LogP contribution in [0.4, 0.5) is 0 Å². The second-order valence-electron chi connectivity index (χ2n) is 5.32. The molecule has 1 aliphatic carbocycles. The van der Waals surface area contributed by atoms with Crippen LogP contribution in [-0.2, 0) is 14.3 Å². The Kier molecular flexibility index (Phi) is 3.92. The highest BCUT2D eigenvalue weighted by molar-refractivity contribution is 5.81. The summed E-state index contributed by atoms with van der Waals surface area (Å²) in [7, 11) is 0. The van der Waals surface area contributed by atoms with Crippen molar-refractivity contribution < 1.29 is 14.3 Å². The highest BCUT2D eigenvalue weighted by Crippen LogP contribution is 2.44. The minimum absolute atomic E-state index is 0.0497. The third-order valence-corrected chi connectivity index (χ3v) is 3.86. The summed E-state index contributed by atoms with van der Waals surface area (Å²) in [6.07, 6.45) is 0. The Bertz CT molecular complexity index is 678. The Labute approximate surface area is 129 Å². The first-order valence-corrected chi connectivity index (χ1v) is 7.25. The molecule has 0 saturated heterocycles. The van der Waals surface area contributed by atoms with Gasteiger partial charge in [0, 0.05) is 12.8 Å². The van der Waals surface area contributed by atoms with Gasteiger partial charge in [0.2, 0.25) is 5.91 Å². The van der Waals surface area contributed by atoms with E-state index in [2.05, 4.69) is 29.6 Å². The van der Waals surface area contributed by atoms with Crippen molar-refractivity contribution in [2.45, 2.75) is 12.8 Å².